The molecule has 3 rings (SSSR count). The summed E-state index contributed by atoms with van der Waals surface area (Å²) in [6.07, 6.45) is 0. The summed E-state index contributed by atoms with van der Waals surface area (Å²) in [5.41, 5.74) is 1.60. The molecule has 0 radical (unpaired) electrons. The van der Waals surface area contributed by atoms with Crippen molar-refractivity contribution in [3.63, 3.8) is 0 Å². The summed E-state index contributed by atoms with van der Waals surface area (Å²) in [6, 6.07) is 15.6. The molecule has 0 saturated heterocycles. The smallest absolute Gasteiger partial charge is 0.310 e. The molecule has 0 aliphatic rings. The Morgan fingerprint density at radius 1 is 1.19 bits per heavy atom. The summed E-state index contributed by atoms with van der Waals surface area (Å²) in [6.45, 7) is 1.59. The second-order valence-electron chi connectivity index (χ2n) is 5.35. The van der Waals surface area contributed by atoms with Gasteiger partial charge in [-0.25, -0.2) is 4.98 Å². The van der Waals surface area contributed by atoms with Gasteiger partial charge >= 0.3 is 5.69 Å². The number of nitrogens with one attached hydrogen (secondary N) is 1. The van der Waals surface area contributed by atoms with Gasteiger partial charge in [-0.05, 0) is 13.0 Å². The van der Waals surface area contributed by atoms with Crippen LogP contribution in [0.25, 0.3) is 11.3 Å². The van der Waals surface area contributed by atoms with Crippen molar-refractivity contribution in [2.45, 2.75) is 6.92 Å². The number of amides is 1. The van der Waals surface area contributed by atoms with Gasteiger partial charge in [0.15, 0.2) is 17.5 Å². The van der Waals surface area contributed by atoms with Crippen molar-refractivity contribution >= 4 is 28.1 Å². The predicted octanol–water partition coefficient (Wildman–Crippen LogP) is 4.04. The van der Waals surface area contributed by atoms with Crippen LogP contribution in [-0.2, 0) is 4.79 Å². The third-order valence-corrected chi connectivity index (χ3v) is 4.40. The molecule has 1 amide bonds. The standard InChI is InChI=1S/C18H15N3O4S/c1-12-17(13-7-3-2-4-8-13)20-18(26-12)19-16(22)11-25-15-10-6-5-9-14(15)21(23)24/h2-10H,11H2,1H3,(H,19,20,22). The molecular weight excluding hydrogens is 354 g/mol. The normalized spacial score (nSPS) is 10.3. The Labute approximate surface area is 153 Å². The first-order valence-electron chi connectivity index (χ1n) is 7.73. The van der Waals surface area contributed by atoms with E-state index in [-0.39, 0.29) is 18.0 Å². The first kappa shape index (κ1) is 17.6. The first-order valence-corrected chi connectivity index (χ1v) is 8.55. The minimum Gasteiger partial charge on any atom is -0.477 e. The van der Waals surface area contributed by atoms with E-state index in [0.29, 0.717) is 5.13 Å². The Bertz CT molecular complexity index is 941. The highest BCUT2D eigenvalue weighted by molar-refractivity contribution is 7.16. The van der Waals surface area contributed by atoms with Crippen molar-refractivity contribution in [3.05, 3.63) is 69.6 Å². The maximum Gasteiger partial charge on any atom is 0.310 e. The number of nitrogens with zero attached hydrogens (tertiary/aromatic N) is 2. The number of rotatable bonds is 6. The van der Waals surface area contributed by atoms with Crippen molar-refractivity contribution in [1.82, 2.24) is 4.98 Å². The Kier molecular flexibility index (Phi) is 5.23. The summed E-state index contributed by atoms with van der Waals surface area (Å²) < 4.78 is 5.28. The minimum absolute atomic E-state index is 0.0490. The Balaban J connectivity index is 1.65. The number of aromatic nitrogens is 1. The van der Waals surface area contributed by atoms with Gasteiger partial charge in [-0.3, -0.25) is 20.2 Å². The SMILES string of the molecule is Cc1sc(NC(=O)COc2ccccc2[N+](=O)[O-])nc1-c1ccccc1. The van der Waals surface area contributed by atoms with E-state index in [1.807, 2.05) is 37.3 Å². The molecule has 0 aliphatic heterocycles. The summed E-state index contributed by atoms with van der Waals surface area (Å²) in [4.78, 5) is 27.9. The number of nitro groups is 1. The molecule has 26 heavy (non-hydrogen) atoms. The first-order chi connectivity index (χ1) is 12.5. The van der Waals surface area contributed by atoms with Crippen LogP contribution >= 0.6 is 11.3 Å². The lowest BCUT2D eigenvalue weighted by atomic mass is 10.1. The van der Waals surface area contributed by atoms with Crippen LogP contribution in [0.3, 0.4) is 0 Å². The van der Waals surface area contributed by atoms with Crippen LogP contribution in [0.15, 0.2) is 54.6 Å². The van der Waals surface area contributed by atoms with E-state index >= 15 is 0 Å². The average Bonchev–Trinajstić information content (AvgIpc) is 3.01. The second kappa shape index (κ2) is 7.75. The van der Waals surface area contributed by atoms with Crippen LogP contribution in [0.4, 0.5) is 10.8 Å². The van der Waals surface area contributed by atoms with Crippen LogP contribution in [0.2, 0.25) is 0 Å². The maximum atomic E-state index is 12.1. The molecule has 1 N–H and O–H groups in total. The van der Waals surface area contributed by atoms with E-state index in [0.717, 1.165) is 16.1 Å². The molecule has 1 heterocycles. The van der Waals surface area contributed by atoms with E-state index in [1.165, 1.54) is 29.5 Å². The number of para-hydroxylation sites is 2. The monoisotopic (exact) mass is 369 g/mol. The number of thiazole rings is 1. The van der Waals surface area contributed by atoms with Crippen LogP contribution in [0, 0.1) is 17.0 Å². The second-order valence-corrected chi connectivity index (χ2v) is 6.55. The van der Waals surface area contributed by atoms with Gasteiger partial charge in [0.1, 0.15) is 0 Å². The highest BCUT2D eigenvalue weighted by atomic mass is 32.1. The van der Waals surface area contributed by atoms with Crippen molar-refractivity contribution in [1.29, 1.82) is 0 Å². The molecule has 132 valence electrons. The number of aryl methyl sites for hydroxylation is 1. The van der Waals surface area contributed by atoms with Crippen molar-refractivity contribution in [2.75, 3.05) is 11.9 Å². The molecule has 0 aliphatic carbocycles. The van der Waals surface area contributed by atoms with Crippen molar-refractivity contribution < 1.29 is 14.5 Å². The number of ether oxygens (including phenoxy) is 1. The number of anilines is 1. The van der Waals surface area contributed by atoms with E-state index in [1.54, 1.807) is 6.07 Å². The zero-order chi connectivity index (χ0) is 18.5. The number of hydrogen-bond acceptors (Lipinski definition) is 6. The van der Waals surface area contributed by atoms with Crippen LogP contribution in [-0.4, -0.2) is 22.4 Å². The van der Waals surface area contributed by atoms with E-state index < -0.39 is 10.8 Å². The topological polar surface area (TPSA) is 94.4 Å². The van der Waals surface area contributed by atoms with Crippen molar-refractivity contribution in [3.8, 4) is 17.0 Å². The average molecular weight is 369 g/mol. The van der Waals surface area contributed by atoms with Crippen molar-refractivity contribution in [2.24, 2.45) is 0 Å². The molecular formula is C18H15N3O4S. The third-order valence-electron chi connectivity index (χ3n) is 3.51. The molecule has 0 saturated carbocycles. The highest BCUT2D eigenvalue weighted by Crippen LogP contribution is 2.30. The van der Waals surface area contributed by atoms with Crippen LogP contribution < -0.4 is 10.1 Å². The van der Waals surface area contributed by atoms with E-state index in [2.05, 4.69) is 10.3 Å². The lowest BCUT2D eigenvalue weighted by Crippen LogP contribution is -2.20. The molecule has 8 heteroatoms. The Morgan fingerprint density at radius 2 is 1.88 bits per heavy atom. The Hall–Kier alpha value is -3.26. The fraction of sp³-hybridized carbons (Fsp3) is 0.111. The quantitative estimate of drug-likeness (QED) is 0.523. The molecule has 3 aromatic rings. The molecule has 0 spiro atoms. The van der Waals surface area contributed by atoms with E-state index in [4.69, 9.17) is 4.74 Å². The van der Waals surface area contributed by atoms with Gasteiger partial charge in [-0.15, -0.1) is 11.3 Å². The maximum absolute atomic E-state index is 12.1. The molecule has 1 aromatic heterocycles. The van der Waals surface area contributed by atoms with Crippen LogP contribution in [0.1, 0.15) is 4.88 Å². The lowest BCUT2D eigenvalue weighted by molar-refractivity contribution is -0.385. The van der Waals surface area contributed by atoms with E-state index in [9.17, 15) is 14.9 Å². The number of hydrogen-bond donors (Lipinski definition) is 1. The van der Waals surface area contributed by atoms with Gasteiger partial charge in [0.25, 0.3) is 5.91 Å². The van der Waals surface area contributed by atoms with Gasteiger partial charge < -0.3 is 4.74 Å². The molecule has 0 atom stereocenters. The third kappa shape index (κ3) is 4.04. The molecule has 0 bridgehead atoms. The summed E-state index contributed by atoms with van der Waals surface area (Å²) in [5, 5.41) is 14.1. The fourth-order valence-corrected chi connectivity index (χ4v) is 3.19. The summed E-state index contributed by atoms with van der Waals surface area (Å²) in [7, 11) is 0. The van der Waals surface area contributed by atoms with Gasteiger partial charge in [0.05, 0.1) is 10.6 Å². The van der Waals surface area contributed by atoms with Gasteiger partial charge in [0, 0.05) is 16.5 Å². The molecule has 7 nitrogen and oxygen atoms in total. The number of benzene rings is 2. The summed E-state index contributed by atoms with van der Waals surface area (Å²) in [5.74, 6) is -0.385. The Morgan fingerprint density at radius 3 is 2.62 bits per heavy atom. The zero-order valence-electron chi connectivity index (χ0n) is 13.8. The molecule has 0 fully saturated rings. The predicted molar refractivity (Wildman–Crippen MR) is 99.5 cm³/mol. The lowest BCUT2D eigenvalue weighted by Gasteiger charge is -2.06. The van der Waals surface area contributed by atoms with Gasteiger partial charge in [0.2, 0.25) is 0 Å². The highest BCUT2D eigenvalue weighted by Gasteiger charge is 2.16. The summed E-state index contributed by atoms with van der Waals surface area (Å²) >= 11 is 1.36. The zero-order valence-corrected chi connectivity index (χ0v) is 14.7. The fourth-order valence-electron chi connectivity index (χ4n) is 2.34. The minimum atomic E-state index is -0.552. The van der Waals surface area contributed by atoms with Crippen LogP contribution in [0.5, 0.6) is 5.75 Å². The van der Waals surface area contributed by atoms with Gasteiger partial charge in [-0.2, -0.15) is 0 Å². The van der Waals surface area contributed by atoms with Gasteiger partial charge in [-0.1, -0.05) is 42.5 Å². The number of carbonyl (C=O) groups is 1. The molecule has 2 aromatic carbocycles. The largest absolute Gasteiger partial charge is 0.477 e. The number of carbonyl (C=O) groups excluding carboxylic acids is 1. The number of nitro benzene ring substituents is 1. The molecule has 0 unspecified atom stereocenters.